The highest BCUT2D eigenvalue weighted by Gasteiger charge is 2.43. The molecule has 0 spiro atoms. The predicted octanol–water partition coefficient (Wildman–Crippen LogP) is 1.49. The van der Waals surface area contributed by atoms with Crippen molar-refractivity contribution >= 4 is 5.91 Å². The van der Waals surface area contributed by atoms with Crippen LogP contribution in [-0.4, -0.2) is 84.2 Å². The van der Waals surface area contributed by atoms with Crippen LogP contribution < -0.4 is 4.74 Å². The van der Waals surface area contributed by atoms with Gasteiger partial charge in [0.2, 0.25) is 0 Å². The number of hydrogen-bond acceptors (Lipinski definition) is 5. The van der Waals surface area contributed by atoms with Gasteiger partial charge in [0.05, 0.1) is 7.11 Å². The molecule has 0 saturated carbocycles. The number of aliphatic hydroxyl groups is 1. The Kier molecular flexibility index (Phi) is 6.69. The number of benzene rings is 1. The maximum absolute atomic E-state index is 14.2. The van der Waals surface area contributed by atoms with E-state index in [2.05, 4.69) is 16.4 Å². The third-order valence-electron chi connectivity index (χ3n) is 5.66. The first-order chi connectivity index (χ1) is 13.4. The molecule has 1 aromatic carbocycles. The topological polar surface area (TPSA) is 56.3 Å². The molecule has 0 unspecified atom stereocenters. The van der Waals surface area contributed by atoms with Gasteiger partial charge in [-0.2, -0.15) is 0 Å². The fourth-order valence-electron chi connectivity index (χ4n) is 4.05. The van der Waals surface area contributed by atoms with Gasteiger partial charge >= 0.3 is 0 Å². The second kappa shape index (κ2) is 9.03. The van der Waals surface area contributed by atoms with Crippen molar-refractivity contribution in [3.63, 3.8) is 0 Å². The molecule has 154 valence electrons. The van der Waals surface area contributed by atoms with E-state index >= 15 is 0 Å². The smallest absolute Gasteiger partial charge is 0.256 e. The van der Waals surface area contributed by atoms with E-state index in [1.807, 2.05) is 6.08 Å². The molecular formula is C21H30FN3O3. The Morgan fingerprint density at radius 1 is 1.25 bits per heavy atom. The summed E-state index contributed by atoms with van der Waals surface area (Å²) >= 11 is 0. The van der Waals surface area contributed by atoms with Gasteiger partial charge in [0.1, 0.15) is 11.6 Å². The summed E-state index contributed by atoms with van der Waals surface area (Å²) < 4.78 is 19.3. The molecule has 1 amide bonds. The number of ether oxygens (including phenoxy) is 1. The molecule has 2 aliphatic heterocycles. The molecule has 2 fully saturated rings. The van der Waals surface area contributed by atoms with E-state index in [1.165, 1.54) is 13.2 Å². The van der Waals surface area contributed by atoms with Crippen molar-refractivity contribution in [3.8, 4) is 5.75 Å². The van der Waals surface area contributed by atoms with Gasteiger partial charge in [0.25, 0.3) is 5.91 Å². The minimum atomic E-state index is -1.41. The number of hydrogen-bond donors (Lipinski definition) is 1. The van der Waals surface area contributed by atoms with Crippen LogP contribution in [0.25, 0.3) is 0 Å². The van der Waals surface area contributed by atoms with Crippen LogP contribution in [0, 0.1) is 5.82 Å². The standard InChI is InChI=1S/C21H30FN3O3/c1-3-8-23-10-12-24(13-11-23)16-21(27)7-4-9-25(20(21)26)15-17-14-18(28-2)5-6-19(17)22/h3,5-6,14,27H,1,4,7-13,15-16H2,2H3/t21-/m0/s1. The summed E-state index contributed by atoms with van der Waals surface area (Å²) in [5.74, 6) is -0.135. The van der Waals surface area contributed by atoms with Crippen LogP contribution in [0.15, 0.2) is 30.9 Å². The molecule has 28 heavy (non-hydrogen) atoms. The van der Waals surface area contributed by atoms with E-state index in [0.29, 0.717) is 37.2 Å². The lowest BCUT2D eigenvalue weighted by Crippen LogP contribution is -2.60. The Labute approximate surface area is 166 Å². The molecule has 6 nitrogen and oxygen atoms in total. The molecular weight excluding hydrogens is 361 g/mol. The van der Waals surface area contributed by atoms with Gasteiger partial charge in [-0.05, 0) is 31.0 Å². The highest BCUT2D eigenvalue weighted by atomic mass is 19.1. The lowest BCUT2D eigenvalue weighted by atomic mass is 9.90. The van der Waals surface area contributed by atoms with Crippen LogP contribution in [-0.2, 0) is 11.3 Å². The number of halogens is 1. The highest BCUT2D eigenvalue weighted by molar-refractivity contribution is 5.86. The zero-order valence-electron chi connectivity index (χ0n) is 16.6. The minimum Gasteiger partial charge on any atom is -0.497 e. The van der Waals surface area contributed by atoms with Crippen molar-refractivity contribution in [1.82, 2.24) is 14.7 Å². The average Bonchev–Trinajstić information content (AvgIpc) is 2.69. The average molecular weight is 391 g/mol. The Balaban J connectivity index is 1.64. The Bertz CT molecular complexity index is 706. The van der Waals surface area contributed by atoms with Crippen molar-refractivity contribution in [2.24, 2.45) is 0 Å². The van der Waals surface area contributed by atoms with E-state index in [1.54, 1.807) is 17.0 Å². The number of carbonyl (C=O) groups excluding carboxylic acids is 1. The Hall–Kier alpha value is -1.96. The second-order valence-electron chi connectivity index (χ2n) is 7.68. The molecule has 0 aliphatic carbocycles. The maximum Gasteiger partial charge on any atom is 0.256 e. The Morgan fingerprint density at radius 3 is 2.64 bits per heavy atom. The van der Waals surface area contributed by atoms with Gasteiger partial charge in [-0.1, -0.05) is 6.08 Å². The lowest BCUT2D eigenvalue weighted by Gasteiger charge is -2.43. The predicted molar refractivity (Wildman–Crippen MR) is 106 cm³/mol. The van der Waals surface area contributed by atoms with Gasteiger partial charge in [0, 0.05) is 57.9 Å². The number of nitrogens with zero attached hydrogens (tertiary/aromatic N) is 3. The third kappa shape index (κ3) is 4.71. The number of β-amino-alcohol motifs (C(OH)–C–C–N with tert-alkyl or cyclic N) is 1. The number of rotatable bonds is 7. The van der Waals surface area contributed by atoms with Crippen molar-refractivity contribution < 1.29 is 19.0 Å². The molecule has 1 atom stereocenters. The molecule has 0 radical (unpaired) electrons. The summed E-state index contributed by atoms with van der Waals surface area (Å²) in [6, 6.07) is 4.51. The summed E-state index contributed by atoms with van der Waals surface area (Å²) in [5, 5.41) is 11.1. The zero-order valence-corrected chi connectivity index (χ0v) is 16.6. The van der Waals surface area contributed by atoms with E-state index in [-0.39, 0.29) is 18.3 Å². The molecule has 2 aliphatic rings. The summed E-state index contributed by atoms with van der Waals surface area (Å²) in [6.45, 7) is 9.03. The zero-order chi connectivity index (χ0) is 20.1. The van der Waals surface area contributed by atoms with E-state index in [9.17, 15) is 14.3 Å². The molecule has 1 aromatic rings. The van der Waals surface area contributed by atoms with Gasteiger partial charge in [0.15, 0.2) is 5.60 Å². The van der Waals surface area contributed by atoms with E-state index in [0.717, 1.165) is 32.7 Å². The third-order valence-corrected chi connectivity index (χ3v) is 5.66. The summed E-state index contributed by atoms with van der Waals surface area (Å²) in [5.41, 5.74) is -1.01. The summed E-state index contributed by atoms with van der Waals surface area (Å²) in [4.78, 5) is 19.0. The summed E-state index contributed by atoms with van der Waals surface area (Å²) in [7, 11) is 1.52. The van der Waals surface area contributed by atoms with E-state index in [4.69, 9.17) is 4.74 Å². The molecule has 7 heteroatoms. The lowest BCUT2D eigenvalue weighted by molar-refractivity contribution is -0.160. The van der Waals surface area contributed by atoms with Gasteiger partial charge in [-0.3, -0.25) is 14.6 Å². The van der Waals surface area contributed by atoms with Crippen LogP contribution in [0.2, 0.25) is 0 Å². The van der Waals surface area contributed by atoms with Crippen LogP contribution in [0.3, 0.4) is 0 Å². The quantitative estimate of drug-likeness (QED) is 0.714. The molecule has 0 bridgehead atoms. The second-order valence-corrected chi connectivity index (χ2v) is 7.68. The number of amides is 1. The van der Waals surface area contributed by atoms with Crippen molar-refractivity contribution in [3.05, 3.63) is 42.2 Å². The molecule has 2 saturated heterocycles. The molecule has 2 heterocycles. The number of piperidine rings is 1. The fraction of sp³-hybridized carbons (Fsp3) is 0.571. The van der Waals surface area contributed by atoms with Crippen LogP contribution in [0.1, 0.15) is 18.4 Å². The largest absolute Gasteiger partial charge is 0.497 e. The van der Waals surface area contributed by atoms with Gasteiger partial charge < -0.3 is 14.7 Å². The summed E-state index contributed by atoms with van der Waals surface area (Å²) in [6.07, 6.45) is 3.03. The van der Waals surface area contributed by atoms with E-state index < -0.39 is 5.60 Å². The number of piperazine rings is 1. The molecule has 0 aromatic heterocycles. The Morgan fingerprint density at radius 2 is 1.96 bits per heavy atom. The highest BCUT2D eigenvalue weighted by Crippen LogP contribution is 2.27. The van der Waals surface area contributed by atoms with Crippen molar-refractivity contribution in [1.29, 1.82) is 0 Å². The fourth-order valence-corrected chi connectivity index (χ4v) is 4.05. The number of likely N-dealkylation sites (tertiary alicyclic amines) is 1. The SMILES string of the molecule is C=CCN1CCN(C[C@@]2(O)CCCN(Cc3cc(OC)ccc3F)C2=O)CC1. The normalized spacial score (nSPS) is 24.4. The maximum atomic E-state index is 14.2. The van der Waals surface area contributed by atoms with Crippen LogP contribution in [0.4, 0.5) is 4.39 Å². The first kappa shape index (κ1) is 20.8. The molecule has 3 rings (SSSR count). The van der Waals surface area contributed by atoms with Gasteiger partial charge in [-0.25, -0.2) is 4.39 Å². The molecule has 1 N–H and O–H groups in total. The van der Waals surface area contributed by atoms with Crippen molar-refractivity contribution in [2.75, 3.05) is 52.9 Å². The first-order valence-electron chi connectivity index (χ1n) is 9.85. The van der Waals surface area contributed by atoms with Gasteiger partial charge in [-0.15, -0.1) is 6.58 Å². The monoisotopic (exact) mass is 391 g/mol. The van der Waals surface area contributed by atoms with Crippen LogP contribution >= 0.6 is 0 Å². The van der Waals surface area contributed by atoms with Crippen LogP contribution in [0.5, 0.6) is 5.75 Å². The number of methoxy groups -OCH3 is 1. The van der Waals surface area contributed by atoms with Crippen molar-refractivity contribution in [2.45, 2.75) is 25.0 Å². The number of carbonyl (C=O) groups is 1. The minimum absolute atomic E-state index is 0.136. The first-order valence-corrected chi connectivity index (χ1v) is 9.85.